The molecule has 1 aliphatic heterocycles. The van der Waals surface area contributed by atoms with Crippen molar-refractivity contribution in [1.82, 2.24) is 20.0 Å². The van der Waals surface area contributed by atoms with Gasteiger partial charge in [0.15, 0.2) is 11.6 Å². The molecular formula is C25H26F2N6O5S. The molecule has 1 saturated heterocycles. The van der Waals surface area contributed by atoms with Gasteiger partial charge in [-0.2, -0.15) is 4.72 Å². The van der Waals surface area contributed by atoms with Crippen LogP contribution in [0.25, 0.3) is 0 Å². The van der Waals surface area contributed by atoms with Crippen LogP contribution >= 0.6 is 0 Å². The zero-order valence-corrected chi connectivity index (χ0v) is 21.4. The van der Waals surface area contributed by atoms with Gasteiger partial charge in [0, 0.05) is 38.1 Å². The predicted molar refractivity (Wildman–Crippen MR) is 138 cm³/mol. The quantitative estimate of drug-likeness (QED) is 0.292. The number of nitrogens with zero attached hydrogens (tertiary/aromatic N) is 3. The van der Waals surface area contributed by atoms with Gasteiger partial charge in [0.2, 0.25) is 16.0 Å². The summed E-state index contributed by atoms with van der Waals surface area (Å²) in [6.45, 7) is 0.115. The molecule has 11 nitrogen and oxygen atoms in total. The third-order valence-electron chi connectivity index (χ3n) is 6.08. The fourth-order valence-electron chi connectivity index (χ4n) is 4.15. The Hall–Kier alpha value is -4.17. The van der Waals surface area contributed by atoms with E-state index < -0.39 is 51.7 Å². The first kappa shape index (κ1) is 27.9. The highest BCUT2D eigenvalue weighted by atomic mass is 32.2. The number of carbonyl (C=O) groups is 2. The molecule has 1 aromatic heterocycles. The maximum atomic E-state index is 15.1. The molecular weight excluding hydrogens is 534 g/mol. The number of aromatic nitrogens is 2. The van der Waals surface area contributed by atoms with Crippen molar-refractivity contribution in [1.29, 1.82) is 0 Å². The van der Waals surface area contributed by atoms with Crippen LogP contribution in [-0.2, 0) is 14.8 Å². The number of carbonyl (C=O) groups excluding carboxylic acids is 1. The van der Waals surface area contributed by atoms with Crippen LogP contribution in [0.2, 0.25) is 0 Å². The molecule has 39 heavy (non-hydrogen) atoms. The maximum Gasteiger partial charge on any atom is 0.323 e. The zero-order valence-electron chi connectivity index (χ0n) is 20.5. The standard InChI is InChI=1S/C25H26F2N6O5S/c26-21-18(23(34)30-14-19(24(35)36)32-39(37,38)17-7-2-1-3-8-17)9-10-20(22(21)27)33-13-4-6-16(15-33)31-25-28-11-5-12-29-25/h1-3,5,7-12,16,19,32H,4,6,13-15H2,(H,30,34)(H,35,36)(H,28,29,31)/t16-,19-/m0/s1. The maximum absolute atomic E-state index is 15.1. The van der Waals surface area contributed by atoms with E-state index in [1.807, 2.05) is 4.72 Å². The lowest BCUT2D eigenvalue weighted by atomic mass is 10.0. The van der Waals surface area contributed by atoms with Crippen LogP contribution in [0, 0.1) is 11.6 Å². The van der Waals surface area contributed by atoms with Crippen LogP contribution in [-0.4, -0.2) is 67.1 Å². The van der Waals surface area contributed by atoms with Gasteiger partial charge < -0.3 is 20.6 Å². The van der Waals surface area contributed by atoms with E-state index in [-0.39, 0.29) is 16.6 Å². The number of carboxylic acids is 1. The molecule has 2 aromatic carbocycles. The number of halogens is 2. The molecule has 0 spiro atoms. The number of sulfonamides is 1. The molecule has 14 heteroatoms. The molecule has 2 heterocycles. The van der Waals surface area contributed by atoms with Crippen LogP contribution in [0.4, 0.5) is 20.4 Å². The van der Waals surface area contributed by atoms with E-state index in [1.165, 1.54) is 30.3 Å². The number of hydrogen-bond acceptors (Lipinski definition) is 8. The Morgan fingerprint density at radius 2 is 1.77 bits per heavy atom. The van der Waals surface area contributed by atoms with Gasteiger partial charge >= 0.3 is 5.97 Å². The lowest BCUT2D eigenvalue weighted by molar-refractivity contribution is -0.138. The fraction of sp³-hybridized carbons (Fsp3) is 0.280. The van der Waals surface area contributed by atoms with Crippen LogP contribution in [0.15, 0.2) is 65.8 Å². The molecule has 0 bridgehead atoms. The number of amides is 1. The zero-order chi connectivity index (χ0) is 28.0. The van der Waals surface area contributed by atoms with Crippen molar-refractivity contribution in [3.8, 4) is 0 Å². The number of nitrogens with one attached hydrogen (secondary N) is 3. The van der Waals surface area contributed by atoms with E-state index in [9.17, 15) is 27.5 Å². The van der Waals surface area contributed by atoms with Gasteiger partial charge in [-0.1, -0.05) is 18.2 Å². The van der Waals surface area contributed by atoms with Crippen molar-refractivity contribution in [2.45, 2.75) is 29.8 Å². The van der Waals surface area contributed by atoms with Gasteiger partial charge in [0.25, 0.3) is 5.91 Å². The lowest BCUT2D eigenvalue weighted by Crippen LogP contribution is -2.48. The first-order chi connectivity index (χ1) is 18.7. The second-order valence-electron chi connectivity index (χ2n) is 8.80. The van der Waals surface area contributed by atoms with Gasteiger partial charge in [-0.15, -0.1) is 0 Å². The SMILES string of the molecule is O=C(NC[C@H](NS(=O)(=O)c1ccccc1)C(=O)O)c1ccc(N2CCC[C@H](Nc3ncccn3)C2)c(F)c1F. The Morgan fingerprint density at radius 1 is 1.05 bits per heavy atom. The van der Waals surface area contributed by atoms with Crippen molar-refractivity contribution in [3.63, 3.8) is 0 Å². The largest absolute Gasteiger partial charge is 0.480 e. The summed E-state index contributed by atoms with van der Waals surface area (Å²) < 4.78 is 56.9. The molecule has 1 fully saturated rings. The summed E-state index contributed by atoms with van der Waals surface area (Å²) in [7, 11) is -4.21. The monoisotopic (exact) mass is 560 g/mol. The van der Waals surface area contributed by atoms with Crippen LogP contribution in [0.1, 0.15) is 23.2 Å². The molecule has 0 unspecified atom stereocenters. The molecule has 4 N–H and O–H groups in total. The minimum absolute atomic E-state index is 0.0245. The predicted octanol–water partition coefficient (Wildman–Crippen LogP) is 2.00. The van der Waals surface area contributed by atoms with E-state index in [2.05, 4.69) is 20.6 Å². The number of aliphatic carboxylic acids is 1. The molecule has 206 valence electrons. The summed E-state index contributed by atoms with van der Waals surface area (Å²) in [5, 5.41) is 14.8. The molecule has 1 amide bonds. The number of benzene rings is 2. The van der Waals surface area contributed by atoms with E-state index in [4.69, 9.17) is 0 Å². The van der Waals surface area contributed by atoms with E-state index in [0.717, 1.165) is 12.5 Å². The van der Waals surface area contributed by atoms with E-state index >= 15 is 4.39 Å². The molecule has 2 atom stereocenters. The summed E-state index contributed by atoms with van der Waals surface area (Å²) in [6.07, 6.45) is 4.65. The third kappa shape index (κ3) is 6.83. The van der Waals surface area contributed by atoms with Gasteiger partial charge in [-0.05, 0) is 43.2 Å². The van der Waals surface area contributed by atoms with Crippen molar-refractivity contribution in [2.24, 2.45) is 0 Å². The number of piperidine rings is 1. The smallest absolute Gasteiger partial charge is 0.323 e. The van der Waals surface area contributed by atoms with Gasteiger partial charge in [0.05, 0.1) is 16.1 Å². The third-order valence-corrected chi connectivity index (χ3v) is 7.57. The highest BCUT2D eigenvalue weighted by Gasteiger charge is 2.29. The average molecular weight is 561 g/mol. The fourth-order valence-corrected chi connectivity index (χ4v) is 5.36. The number of carboxylic acid groups (broad SMARTS) is 1. The average Bonchev–Trinajstić information content (AvgIpc) is 2.93. The van der Waals surface area contributed by atoms with Crippen molar-refractivity contribution in [3.05, 3.63) is 78.1 Å². The Morgan fingerprint density at radius 3 is 2.46 bits per heavy atom. The van der Waals surface area contributed by atoms with E-state index in [1.54, 1.807) is 29.4 Å². The van der Waals surface area contributed by atoms with Crippen LogP contribution in [0.3, 0.4) is 0 Å². The molecule has 0 aliphatic carbocycles. The summed E-state index contributed by atoms with van der Waals surface area (Å²) >= 11 is 0. The molecule has 3 aromatic rings. The first-order valence-electron chi connectivity index (χ1n) is 12.0. The van der Waals surface area contributed by atoms with Gasteiger partial charge in [0.1, 0.15) is 6.04 Å². The van der Waals surface area contributed by atoms with Gasteiger partial charge in [-0.25, -0.2) is 27.2 Å². The Kier molecular flexibility index (Phi) is 8.66. The van der Waals surface area contributed by atoms with Crippen molar-refractivity contribution in [2.75, 3.05) is 29.9 Å². The summed E-state index contributed by atoms with van der Waals surface area (Å²) in [5.41, 5.74) is -0.667. The topological polar surface area (TPSA) is 154 Å². The Bertz CT molecular complexity index is 1430. The van der Waals surface area contributed by atoms with Crippen LogP contribution < -0.4 is 20.3 Å². The normalized spacial score (nSPS) is 16.4. The molecule has 0 radical (unpaired) electrons. The first-order valence-corrected chi connectivity index (χ1v) is 13.5. The highest BCUT2D eigenvalue weighted by molar-refractivity contribution is 7.89. The minimum Gasteiger partial charge on any atom is -0.480 e. The summed E-state index contributed by atoms with van der Waals surface area (Å²) in [5.74, 6) is -4.86. The van der Waals surface area contributed by atoms with Crippen LogP contribution in [0.5, 0.6) is 0 Å². The van der Waals surface area contributed by atoms with Gasteiger partial charge in [-0.3, -0.25) is 9.59 Å². The summed E-state index contributed by atoms with van der Waals surface area (Å²) in [6, 6.07) is 9.26. The number of rotatable bonds is 10. The molecule has 4 rings (SSSR count). The summed E-state index contributed by atoms with van der Waals surface area (Å²) in [4.78, 5) is 33.9. The minimum atomic E-state index is -4.21. The number of hydrogen-bond donors (Lipinski definition) is 4. The number of anilines is 2. The Balaban J connectivity index is 1.42. The van der Waals surface area contributed by atoms with E-state index in [0.29, 0.717) is 25.5 Å². The second-order valence-corrected chi connectivity index (χ2v) is 10.5. The van der Waals surface area contributed by atoms with Crippen molar-refractivity contribution < 1.29 is 31.9 Å². The van der Waals surface area contributed by atoms with Crippen molar-refractivity contribution >= 4 is 33.5 Å². The lowest BCUT2D eigenvalue weighted by Gasteiger charge is -2.35. The highest BCUT2D eigenvalue weighted by Crippen LogP contribution is 2.27. The molecule has 0 saturated carbocycles. The Labute approximate surface area is 223 Å². The second kappa shape index (κ2) is 12.1. The molecule has 1 aliphatic rings.